The number of carbonyl (C=O) groups excluding carboxylic acids is 1. The lowest BCUT2D eigenvalue weighted by Gasteiger charge is -2.52. The van der Waals surface area contributed by atoms with Crippen molar-refractivity contribution in [2.45, 2.75) is 50.6 Å². The Balaban J connectivity index is 1.70. The zero-order chi connectivity index (χ0) is 30.9. The highest BCUT2D eigenvalue weighted by Gasteiger charge is 2.54. The molecule has 0 spiro atoms. The van der Waals surface area contributed by atoms with Crippen LogP contribution < -0.4 is 4.31 Å². The lowest BCUT2D eigenvalue weighted by atomic mass is 9.67. The normalized spacial score (nSPS) is 23.0. The molecular weight excluding hydrogens is 601 g/mol. The first-order valence-electron chi connectivity index (χ1n) is 14.4. The highest BCUT2D eigenvalue weighted by Crippen LogP contribution is 2.54. The first-order chi connectivity index (χ1) is 20.4. The summed E-state index contributed by atoms with van der Waals surface area (Å²) in [4.78, 5) is 16.8. The number of likely N-dealkylation sites (tertiary alicyclic amines) is 1. The van der Waals surface area contributed by atoms with E-state index in [1.54, 1.807) is 30.3 Å². The van der Waals surface area contributed by atoms with E-state index in [4.69, 9.17) is 23.2 Å². The van der Waals surface area contributed by atoms with Gasteiger partial charge in [-0.1, -0.05) is 66.5 Å². The number of sulfonamides is 1. The van der Waals surface area contributed by atoms with Gasteiger partial charge in [0, 0.05) is 16.0 Å². The van der Waals surface area contributed by atoms with E-state index in [0.717, 1.165) is 24.0 Å². The Kier molecular flexibility index (Phi) is 8.94. The molecule has 1 aliphatic heterocycles. The van der Waals surface area contributed by atoms with E-state index < -0.39 is 27.5 Å². The molecule has 1 amide bonds. The van der Waals surface area contributed by atoms with E-state index in [2.05, 4.69) is 12.6 Å². The smallest absolute Gasteiger partial charge is 0.232 e. The fraction of sp³-hybridized carbons (Fsp3) is 0.353. The second-order valence-corrected chi connectivity index (χ2v) is 14.8. The summed E-state index contributed by atoms with van der Waals surface area (Å²) in [6.07, 6.45) is 5.77. The Morgan fingerprint density at radius 1 is 1.07 bits per heavy atom. The Labute approximate surface area is 264 Å². The molecule has 224 valence electrons. The minimum atomic E-state index is -3.76. The standard InChI is InChI=1S/C34H35Cl2N3O3S/c1-4-17-34(2)20-30(26-8-6-9-28(36)19-26)32(25-13-15-27(35)16-14-25)39(33(34)40)31(24-11-12-24)22-38(43(3,41)42)29-10-5-7-23(18-29)21-37/h4-10,13-16,18-19,24,30-32H,1,11-12,17,20,22H2,2-3H3/t30-,31-,32?,34+/m1/s1. The molecule has 6 nitrogen and oxygen atoms in total. The van der Waals surface area contributed by atoms with Crippen molar-refractivity contribution in [3.05, 3.63) is 112 Å². The number of amides is 1. The monoisotopic (exact) mass is 635 g/mol. The highest BCUT2D eigenvalue weighted by atomic mass is 35.5. The van der Waals surface area contributed by atoms with Crippen LogP contribution in [-0.2, 0) is 14.8 Å². The van der Waals surface area contributed by atoms with Gasteiger partial charge in [-0.15, -0.1) is 6.58 Å². The van der Waals surface area contributed by atoms with Gasteiger partial charge in [-0.25, -0.2) is 8.42 Å². The van der Waals surface area contributed by atoms with Crippen LogP contribution in [0, 0.1) is 22.7 Å². The molecule has 9 heteroatoms. The molecule has 2 aliphatic rings. The Bertz CT molecular complexity index is 1670. The molecule has 1 unspecified atom stereocenters. The van der Waals surface area contributed by atoms with Crippen molar-refractivity contribution in [3.63, 3.8) is 0 Å². The van der Waals surface area contributed by atoms with Gasteiger partial charge in [0.1, 0.15) is 0 Å². The molecule has 3 aromatic rings. The van der Waals surface area contributed by atoms with Gasteiger partial charge in [0.05, 0.1) is 47.6 Å². The number of piperidine rings is 1. The first kappa shape index (κ1) is 31.1. The Hall–Kier alpha value is -3.31. The van der Waals surface area contributed by atoms with Crippen LogP contribution >= 0.6 is 23.2 Å². The molecule has 0 bridgehead atoms. The van der Waals surface area contributed by atoms with Gasteiger partial charge >= 0.3 is 0 Å². The quantitative estimate of drug-likeness (QED) is 0.213. The molecule has 4 atom stereocenters. The van der Waals surface area contributed by atoms with Gasteiger partial charge in [0.15, 0.2) is 0 Å². The summed E-state index contributed by atoms with van der Waals surface area (Å²) in [5.41, 5.74) is 1.94. The minimum absolute atomic E-state index is 0.0262. The highest BCUT2D eigenvalue weighted by molar-refractivity contribution is 7.92. The molecule has 1 saturated heterocycles. The van der Waals surface area contributed by atoms with Crippen LogP contribution in [0.15, 0.2) is 85.5 Å². The van der Waals surface area contributed by atoms with Crippen molar-refractivity contribution >= 4 is 44.8 Å². The fourth-order valence-corrected chi connectivity index (χ4v) is 7.78. The Morgan fingerprint density at radius 2 is 1.77 bits per heavy atom. The number of nitrogens with zero attached hydrogens (tertiary/aromatic N) is 3. The van der Waals surface area contributed by atoms with Crippen LogP contribution in [0.3, 0.4) is 0 Å². The zero-order valence-electron chi connectivity index (χ0n) is 24.3. The molecule has 0 aromatic heterocycles. The van der Waals surface area contributed by atoms with Gasteiger partial charge in [0.25, 0.3) is 0 Å². The summed E-state index contributed by atoms with van der Waals surface area (Å²) < 4.78 is 28.0. The predicted molar refractivity (Wildman–Crippen MR) is 173 cm³/mol. The zero-order valence-corrected chi connectivity index (χ0v) is 26.6. The molecule has 3 aromatic carbocycles. The van der Waals surface area contributed by atoms with Crippen LogP contribution in [0.4, 0.5) is 5.69 Å². The maximum Gasteiger partial charge on any atom is 0.232 e. The van der Waals surface area contributed by atoms with Gasteiger partial charge in [-0.05, 0) is 85.2 Å². The van der Waals surface area contributed by atoms with Crippen LogP contribution in [0.5, 0.6) is 0 Å². The first-order valence-corrected chi connectivity index (χ1v) is 17.0. The van der Waals surface area contributed by atoms with Crippen LogP contribution in [0.25, 0.3) is 0 Å². The maximum atomic E-state index is 14.8. The molecule has 5 rings (SSSR count). The second-order valence-electron chi connectivity index (χ2n) is 12.0. The summed E-state index contributed by atoms with van der Waals surface area (Å²) in [6.45, 7) is 6.02. The summed E-state index contributed by atoms with van der Waals surface area (Å²) in [5.74, 6) is -0.0348. The van der Waals surface area contributed by atoms with Crippen LogP contribution in [0.1, 0.15) is 61.3 Å². The third-order valence-electron chi connectivity index (χ3n) is 8.73. The number of rotatable bonds is 10. The van der Waals surface area contributed by atoms with E-state index in [-0.39, 0.29) is 24.3 Å². The molecule has 1 heterocycles. The number of nitriles is 1. The van der Waals surface area contributed by atoms with Crippen molar-refractivity contribution in [3.8, 4) is 6.07 Å². The number of hydrogen-bond donors (Lipinski definition) is 0. The minimum Gasteiger partial charge on any atom is -0.329 e. The number of anilines is 1. The van der Waals surface area contributed by atoms with Crippen molar-refractivity contribution in [1.82, 2.24) is 4.90 Å². The summed E-state index contributed by atoms with van der Waals surface area (Å²) in [7, 11) is -3.76. The van der Waals surface area contributed by atoms with Crippen molar-refractivity contribution in [2.75, 3.05) is 17.1 Å². The molecule has 1 aliphatic carbocycles. The van der Waals surface area contributed by atoms with Gasteiger partial charge in [0.2, 0.25) is 15.9 Å². The van der Waals surface area contributed by atoms with Gasteiger partial charge < -0.3 is 4.90 Å². The van der Waals surface area contributed by atoms with E-state index in [9.17, 15) is 18.5 Å². The molecule has 0 N–H and O–H groups in total. The number of benzene rings is 3. The molecule has 0 radical (unpaired) electrons. The topological polar surface area (TPSA) is 81.5 Å². The molecule has 43 heavy (non-hydrogen) atoms. The largest absolute Gasteiger partial charge is 0.329 e. The third kappa shape index (κ3) is 6.62. The van der Waals surface area contributed by atoms with Gasteiger partial charge in [-0.2, -0.15) is 5.26 Å². The molecule has 2 fully saturated rings. The number of hydrogen-bond acceptors (Lipinski definition) is 4. The average Bonchev–Trinajstić information content (AvgIpc) is 3.81. The SMILES string of the molecule is C=CC[C@@]1(C)C[C@H](c2cccc(Cl)c2)C(c2ccc(Cl)cc2)N([C@H](CN(c2cccc(C#N)c2)S(C)(=O)=O)C2CC2)C1=O. The van der Waals surface area contributed by atoms with Gasteiger partial charge in [-0.3, -0.25) is 9.10 Å². The number of halogens is 2. The summed E-state index contributed by atoms with van der Waals surface area (Å²) >= 11 is 12.8. The van der Waals surface area contributed by atoms with Crippen molar-refractivity contribution in [1.29, 1.82) is 5.26 Å². The van der Waals surface area contributed by atoms with Crippen LogP contribution in [0.2, 0.25) is 10.0 Å². The number of allylic oxidation sites excluding steroid dienone is 1. The van der Waals surface area contributed by atoms with E-state index in [1.807, 2.05) is 60.4 Å². The predicted octanol–water partition coefficient (Wildman–Crippen LogP) is 7.75. The summed E-state index contributed by atoms with van der Waals surface area (Å²) in [5, 5.41) is 10.7. The number of carbonyl (C=O) groups is 1. The molecule has 1 saturated carbocycles. The molecular formula is C34H35Cl2N3O3S. The average molecular weight is 637 g/mol. The summed E-state index contributed by atoms with van der Waals surface area (Å²) in [6, 6.07) is 23.2. The van der Waals surface area contributed by atoms with Crippen LogP contribution in [-0.4, -0.2) is 38.1 Å². The fourth-order valence-electron chi connectivity index (χ4n) is 6.53. The van der Waals surface area contributed by atoms with E-state index in [0.29, 0.717) is 34.1 Å². The maximum absolute atomic E-state index is 14.8. The van der Waals surface area contributed by atoms with E-state index in [1.165, 1.54) is 10.6 Å². The lowest BCUT2D eigenvalue weighted by Crippen LogP contribution is -2.59. The van der Waals surface area contributed by atoms with Crippen molar-refractivity contribution in [2.24, 2.45) is 11.3 Å². The lowest BCUT2D eigenvalue weighted by molar-refractivity contribution is -0.154. The third-order valence-corrected chi connectivity index (χ3v) is 10.4. The van der Waals surface area contributed by atoms with Crippen molar-refractivity contribution < 1.29 is 13.2 Å². The van der Waals surface area contributed by atoms with E-state index >= 15 is 0 Å². The Morgan fingerprint density at radius 3 is 2.37 bits per heavy atom. The second kappa shape index (κ2) is 12.4.